The number of likely N-dealkylation sites (tertiary alicyclic amines) is 1. The van der Waals surface area contributed by atoms with Crippen molar-refractivity contribution in [3.05, 3.63) is 65.6 Å². The van der Waals surface area contributed by atoms with E-state index in [9.17, 15) is 9.59 Å². The van der Waals surface area contributed by atoms with Crippen LogP contribution in [0.15, 0.2) is 53.3 Å². The maximum atomic E-state index is 13.3. The van der Waals surface area contributed by atoms with E-state index in [0.717, 1.165) is 11.1 Å². The number of aromatic nitrogens is 1. The fraction of sp³-hybridized carbons (Fsp3) is 0.409. The summed E-state index contributed by atoms with van der Waals surface area (Å²) in [6.45, 7) is 3.38. The zero-order valence-corrected chi connectivity index (χ0v) is 16.4. The minimum Gasteiger partial charge on any atom is -0.364 e. The van der Waals surface area contributed by atoms with Gasteiger partial charge in [-0.3, -0.25) is 9.59 Å². The lowest BCUT2D eigenvalue weighted by atomic mass is 9.76. The van der Waals surface area contributed by atoms with E-state index in [-0.39, 0.29) is 17.9 Å². The zero-order chi connectivity index (χ0) is 20.2. The summed E-state index contributed by atoms with van der Waals surface area (Å²) in [5, 5.41) is 3.87. The summed E-state index contributed by atoms with van der Waals surface area (Å²) in [6, 6.07) is 9.87. The Labute approximate surface area is 168 Å². The summed E-state index contributed by atoms with van der Waals surface area (Å²) in [6.07, 6.45) is 5.05. The zero-order valence-electron chi connectivity index (χ0n) is 16.4. The van der Waals surface area contributed by atoms with Gasteiger partial charge in [0, 0.05) is 19.7 Å². The molecule has 4 heterocycles. The molecule has 2 bridgehead atoms. The van der Waals surface area contributed by atoms with Crippen LogP contribution in [0.1, 0.15) is 16.8 Å². The van der Waals surface area contributed by atoms with Crippen molar-refractivity contribution >= 4 is 11.8 Å². The molecule has 0 saturated carbocycles. The lowest BCUT2D eigenvalue weighted by Gasteiger charge is -2.27. The molecule has 5 rings (SSSR count). The monoisotopic (exact) mass is 393 g/mol. The van der Waals surface area contributed by atoms with Gasteiger partial charge in [-0.25, -0.2) is 0 Å². The molecule has 0 unspecified atom stereocenters. The van der Waals surface area contributed by atoms with Crippen LogP contribution < -0.4 is 0 Å². The van der Waals surface area contributed by atoms with Gasteiger partial charge in [0.1, 0.15) is 17.6 Å². The Hall–Kier alpha value is -2.93. The molecular weight excluding hydrogens is 370 g/mol. The molecule has 0 N–H and O–H groups in total. The van der Waals surface area contributed by atoms with E-state index in [2.05, 4.69) is 11.2 Å². The summed E-state index contributed by atoms with van der Waals surface area (Å²) in [4.78, 5) is 30.0. The molecule has 0 radical (unpaired) electrons. The molecule has 1 aromatic heterocycles. The molecule has 4 atom stereocenters. The Balaban J connectivity index is 1.37. The van der Waals surface area contributed by atoms with Crippen molar-refractivity contribution in [2.75, 3.05) is 13.6 Å². The molecule has 0 aliphatic carbocycles. The number of carbonyl (C=O) groups is 2. The van der Waals surface area contributed by atoms with Crippen molar-refractivity contribution in [3.8, 4) is 0 Å². The van der Waals surface area contributed by atoms with Crippen LogP contribution in [0, 0.1) is 18.8 Å². The number of fused-ring (bicyclic) bond motifs is 1. The average Bonchev–Trinajstić information content (AvgIpc) is 3.45. The maximum Gasteiger partial charge on any atom is 0.230 e. The van der Waals surface area contributed by atoms with E-state index in [1.807, 2.05) is 42.2 Å². The smallest absolute Gasteiger partial charge is 0.230 e. The van der Waals surface area contributed by atoms with Crippen molar-refractivity contribution < 1.29 is 18.8 Å². The number of hydrogen-bond acceptors (Lipinski definition) is 5. The highest BCUT2D eigenvalue weighted by molar-refractivity contribution is 5.93. The van der Waals surface area contributed by atoms with Gasteiger partial charge < -0.3 is 19.1 Å². The van der Waals surface area contributed by atoms with E-state index in [1.165, 1.54) is 6.26 Å². The van der Waals surface area contributed by atoms with Gasteiger partial charge in [-0.1, -0.05) is 47.1 Å². The molecule has 7 nitrogen and oxygen atoms in total. The third-order valence-electron chi connectivity index (χ3n) is 6.19. The first-order valence-corrected chi connectivity index (χ1v) is 9.83. The van der Waals surface area contributed by atoms with Gasteiger partial charge in [0.05, 0.1) is 31.0 Å². The lowest BCUT2D eigenvalue weighted by molar-refractivity contribution is -0.143. The third kappa shape index (κ3) is 2.88. The van der Waals surface area contributed by atoms with Gasteiger partial charge in [0.25, 0.3) is 0 Å². The molecule has 1 aromatic carbocycles. The van der Waals surface area contributed by atoms with Crippen molar-refractivity contribution in [3.63, 3.8) is 0 Å². The SMILES string of the molecule is Cc1cccc(CN2C[C@]34C=C[C@H](O3)[C@@H](C(=O)N(C)Cc3ccon3)[C@@H]4C2=O)c1. The van der Waals surface area contributed by atoms with Gasteiger partial charge in [-0.15, -0.1) is 0 Å². The standard InChI is InChI=1S/C22H23N3O4/c1-14-4-3-5-15(10-14)11-25-13-22-8-6-17(29-22)18(19(22)21(25)27)20(26)24(2)12-16-7-9-28-23-16/h3-10,17-19H,11-13H2,1-2H3/t17-,18+,19+,22-/m0/s1. The van der Waals surface area contributed by atoms with E-state index >= 15 is 0 Å². The van der Waals surface area contributed by atoms with Gasteiger partial charge in [-0.2, -0.15) is 0 Å². The maximum absolute atomic E-state index is 13.3. The minimum atomic E-state index is -0.694. The Morgan fingerprint density at radius 1 is 1.38 bits per heavy atom. The van der Waals surface area contributed by atoms with Gasteiger partial charge in [0.15, 0.2) is 0 Å². The number of ether oxygens (including phenoxy) is 1. The first-order chi connectivity index (χ1) is 14.0. The second-order valence-electron chi connectivity index (χ2n) is 8.27. The summed E-state index contributed by atoms with van der Waals surface area (Å²) < 4.78 is 11.1. The summed E-state index contributed by atoms with van der Waals surface area (Å²) in [5.74, 6) is -1.09. The summed E-state index contributed by atoms with van der Waals surface area (Å²) in [5.41, 5.74) is 2.22. The van der Waals surface area contributed by atoms with Crippen LogP contribution >= 0.6 is 0 Å². The van der Waals surface area contributed by atoms with Crippen LogP contribution in [0.3, 0.4) is 0 Å². The molecule has 1 spiro atoms. The topological polar surface area (TPSA) is 75.9 Å². The lowest BCUT2D eigenvalue weighted by Crippen LogP contribution is -2.44. The number of aryl methyl sites for hydroxylation is 1. The van der Waals surface area contributed by atoms with Crippen LogP contribution in [-0.2, 0) is 27.4 Å². The quantitative estimate of drug-likeness (QED) is 0.726. The van der Waals surface area contributed by atoms with Gasteiger partial charge in [-0.05, 0) is 12.5 Å². The number of nitrogens with zero attached hydrogens (tertiary/aromatic N) is 3. The Kier molecular flexibility index (Phi) is 4.10. The summed E-state index contributed by atoms with van der Waals surface area (Å²) >= 11 is 0. The predicted octanol–water partition coefficient (Wildman–Crippen LogP) is 1.92. The van der Waals surface area contributed by atoms with Crippen molar-refractivity contribution in [2.24, 2.45) is 11.8 Å². The fourth-order valence-electron chi connectivity index (χ4n) is 4.92. The van der Waals surface area contributed by atoms with Gasteiger partial charge >= 0.3 is 0 Å². The molecule has 150 valence electrons. The van der Waals surface area contributed by atoms with Crippen LogP contribution in [0.25, 0.3) is 0 Å². The highest BCUT2D eigenvalue weighted by Gasteiger charge is 2.67. The third-order valence-corrected chi connectivity index (χ3v) is 6.19. The molecular formula is C22H23N3O4. The number of amides is 2. The van der Waals surface area contributed by atoms with Crippen LogP contribution in [-0.4, -0.2) is 52.1 Å². The molecule has 2 saturated heterocycles. The fourth-order valence-corrected chi connectivity index (χ4v) is 4.92. The number of rotatable bonds is 5. The Bertz CT molecular complexity index is 986. The molecule has 2 fully saturated rings. The Morgan fingerprint density at radius 3 is 3.00 bits per heavy atom. The first kappa shape index (κ1) is 18.1. The highest BCUT2D eigenvalue weighted by atomic mass is 16.5. The molecule has 29 heavy (non-hydrogen) atoms. The van der Waals surface area contributed by atoms with Crippen molar-refractivity contribution in [1.82, 2.24) is 15.0 Å². The van der Waals surface area contributed by atoms with E-state index < -0.39 is 17.4 Å². The predicted molar refractivity (Wildman–Crippen MR) is 103 cm³/mol. The van der Waals surface area contributed by atoms with E-state index in [0.29, 0.717) is 25.3 Å². The van der Waals surface area contributed by atoms with Crippen LogP contribution in [0.5, 0.6) is 0 Å². The van der Waals surface area contributed by atoms with Gasteiger partial charge in [0.2, 0.25) is 11.8 Å². The second-order valence-corrected chi connectivity index (χ2v) is 8.27. The average molecular weight is 393 g/mol. The van der Waals surface area contributed by atoms with Crippen LogP contribution in [0.4, 0.5) is 0 Å². The molecule has 2 aromatic rings. The molecule has 7 heteroatoms. The molecule has 3 aliphatic heterocycles. The first-order valence-electron chi connectivity index (χ1n) is 9.83. The van der Waals surface area contributed by atoms with E-state index in [4.69, 9.17) is 9.26 Å². The minimum absolute atomic E-state index is 0.00783. The second kappa shape index (κ2) is 6.56. The molecule has 3 aliphatic rings. The normalized spacial score (nSPS) is 29.5. The van der Waals surface area contributed by atoms with E-state index in [1.54, 1.807) is 18.0 Å². The summed E-state index contributed by atoms with van der Waals surface area (Å²) in [7, 11) is 1.73. The molecule has 2 amide bonds. The number of benzene rings is 1. The van der Waals surface area contributed by atoms with Crippen molar-refractivity contribution in [2.45, 2.75) is 31.7 Å². The number of hydrogen-bond donors (Lipinski definition) is 0. The Morgan fingerprint density at radius 2 is 2.24 bits per heavy atom. The highest BCUT2D eigenvalue weighted by Crippen LogP contribution is 2.52. The number of carbonyl (C=O) groups excluding carboxylic acids is 2. The van der Waals surface area contributed by atoms with Crippen molar-refractivity contribution in [1.29, 1.82) is 0 Å². The largest absolute Gasteiger partial charge is 0.364 e. The van der Waals surface area contributed by atoms with Crippen LogP contribution in [0.2, 0.25) is 0 Å².